The number of aliphatic carboxylic acids is 1. The van der Waals surface area contributed by atoms with Gasteiger partial charge in [0, 0.05) is 29.8 Å². The molecule has 1 heterocycles. The molecule has 0 radical (unpaired) electrons. The lowest BCUT2D eigenvalue weighted by atomic mass is 10.0. The van der Waals surface area contributed by atoms with Crippen molar-refractivity contribution in [1.82, 2.24) is 4.90 Å². The summed E-state index contributed by atoms with van der Waals surface area (Å²) in [6.45, 7) is 4.24. The number of hydrogen-bond donors (Lipinski definition) is 2. The molecule has 2 aliphatic rings. The summed E-state index contributed by atoms with van der Waals surface area (Å²) in [5.41, 5.74) is 1.07. The lowest BCUT2D eigenvalue weighted by Gasteiger charge is -2.23. The lowest BCUT2D eigenvalue weighted by Crippen LogP contribution is -2.37. The predicted molar refractivity (Wildman–Crippen MR) is 88.6 cm³/mol. The first kappa shape index (κ1) is 16.5. The minimum atomic E-state index is -0.864. The quantitative estimate of drug-likeness (QED) is 0.886. The van der Waals surface area contributed by atoms with Crippen LogP contribution in [0, 0.1) is 17.8 Å². The van der Waals surface area contributed by atoms with E-state index in [1.807, 2.05) is 6.92 Å². The van der Waals surface area contributed by atoms with Crippen molar-refractivity contribution in [2.75, 3.05) is 11.9 Å². The zero-order chi connectivity index (χ0) is 17.4. The Morgan fingerprint density at radius 2 is 1.92 bits per heavy atom. The van der Waals surface area contributed by atoms with Crippen LogP contribution in [-0.4, -0.2) is 40.4 Å². The van der Waals surface area contributed by atoms with Gasteiger partial charge in [0.05, 0.1) is 5.92 Å². The molecule has 1 aliphatic carbocycles. The Kier molecular flexibility index (Phi) is 4.30. The third-order valence-corrected chi connectivity index (χ3v) is 5.16. The van der Waals surface area contributed by atoms with Crippen LogP contribution in [-0.2, 0) is 9.59 Å². The molecule has 0 bridgehead atoms. The second-order valence-corrected chi connectivity index (χ2v) is 6.86. The third kappa shape index (κ3) is 3.13. The number of rotatable bonds is 4. The van der Waals surface area contributed by atoms with Crippen molar-refractivity contribution in [2.45, 2.75) is 32.7 Å². The van der Waals surface area contributed by atoms with Gasteiger partial charge in [0.1, 0.15) is 0 Å². The molecule has 128 valence electrons. The van der Waals surface area contributed by atoms with Crippen molar-refractivity contribution in [3.63, 3.8) is 0 Å². The molecule has 2 amide bonds. The number of amides is 2. The highest BCUT2D eigenvalue weighted by Crippen LogP contribution is 2.38. The van der Waals surface area contributed by atoms with Crippen LogP contribution in [0.2, 0.25) is 0 Å². The highest BCUT2D eigenvalue weighted by Gasteiger charge is 2.40. The van der Waals surface area contributed by atoms with Gasteiger partial charge in [-0.2, -0.15) is 0 Å². The molecule has 6 nitrogen and oxygen atoms in total. The first-order valence-electron chi connectivity index (χ1n) is 8.33. The molecule has 4 atom stereocenters. The van der Waals surface area contributed by atoms with Crippen LogP contribution < -0.4 is 5.32 Å². The Morgan fingerprint density at radius 1 is 1.21 bits per heavy atom. The zero-order valence-corrected chi connectivity index (χ0v) is 13.9. The van der Waals surface area contributed by atoms with Crippen LogP contribution in [0.5, 0.6) is 0 Å². The minimum absolute atomic E-state index is 0.00687. The second kappa shape index (κ2) is 6.26. The van der Waals surface area contributed by atoms with Gasteiger partial charge >= 0.3 is 5.97 Å². The number of anilines is 1. The molecule has 1 aliphatic heterocycles. The van der Waals surface area contributed by atoms with Gasteiger partial charge in [-0.15, -0.1) is 0 Å². The van der Waals surface area contributed by atoms with E-state index in [4.69, 9.17) is 0 Å². The van der Waals surface area contributed by atoms with Gasteiger partial charge < -0.3 is 15.3 Å². The molecule has 1 saturated heterocycles. The van der Waals surface area contributed by atoms with E-state index < -0.39 is 11.9 Å². The van der Waals surface area contributed by atoms with E-state index in [9.17, 15) is 19.5 Å². The van der Waals surface area contributed by atoms with E-state index in [0.29, 0.717) is 30.1 Å². The van der Waals surface area contributed by atoms with E-state index in [1.54, 1.807) is 36.1 Å². The summed E-state index contributed by atoms with van der Waals surface area (Å²) in [6, 6.07) is 6.51. The molecule has 2 N–H and O–H groups in total. The number of carboxylic acid groups (broad SMARTS) is 1. The molecule has 24 heavy (non-hydrogen) atoms. The maximum atomic E-state index is 12.7. The lowest BCUT2D eigenvalue weighted by molar-refractivity contribution is -0.142. The van der Waals surface area contributed by atoms with Gasteiger partial charge in [-0.25, -0.2) is 0 Å². The van der Waals surface area contributed by atoms with Gasteiger partial charge in [-0.05, 0) is 43.9 Å². The molecular formula is C18H22N2O4. The smallest absolute Gasteiger partial charge is 0.308 e. The van der Waals surface area contributed by atoms with Crippen LogP contribution in [0.1, 0.15) is 37.0 Å². The Morgan fingerprint density at radius 3 is 2.50 bits per heavy atom. The topological polar surface area (TPSA) is 86.7 Å². The van der Waals surface area contributed by atoms with Crippen LogP contribution in [0.4, 0.5) is 5.69 Å². The summed E-state index contributed by atoms with van der Waals surface area (Å²) >= 11 is 0. The number of hydrogen-bond acceptors (Lipinski definition) is 3. The highest BCUT2D eigenvalue weighted by atomic mass is 16.4. The van der Waals surface area contributed by atoms with Gasteiger partial charge in [0.25, 0.3) is 5.91 Å². The van der Waals surface area contributed by atoms with E-state index in [2.05, 4.69) is 5.32 Å². The number of carboxylic acids is 1. The summed E-state index contributed by atoms with van der Waals surface area (Å²) in [4.78, 5) is 37.5. The van der Waals surface area contributed by atoms with Crippen molar-refractivity contribution in [2.24, 2.45) is 17.8 Å². The summed E-state index contributed by atoms with van der Waals surface area (Å²) in [5, 5.41) is 12.0. The van der Waals surface area contributed by atoms with Crippen molar-refractivity contribution in [3.05, 3.63) is 29.8 Å². The Balaban J connectivity index is 1.70. The maximum absolute atomic E-state index is 12.7. The first-order chi connectivity index (χ1) is 11.4. The molecule has 4 unspecified atom stereocenters. The first-order valence-corrected chi connectivity index (χ1v) is 8.33. The van der Waals surface area contributed by atoms with E-state index in [0.717, 1.165) is 6.42 Å². The summed E-state index contributed by atoms with van der Waals surface area (Å²) in [7, 11) is 0. The van der Waals surface area contributed by atoms with E-state index in [1.165, 1.54) is 0 Å². The Bertz CT molecular complexity index is 687. The second-order valence-electron chi connectivity index (χ2n) is 6.86. The number of carbonyl (C=O) groups excluding carboxylic acids is 2. The van der Waals surface area contributed by atoms with Crippen molar-refractivity contribution < 1.29 is 19.5 Å². The number of nitrogens with one attached hydrogen (secondary N) is 1. The maximum Gasteiger partial charge on any atom is 0.308 e. The third-order valence-electron chi connectivity index (χ3n) is 5.16. The fourth-order valence-corrected chi connectivity index (χ4v) is 3.37. The molecular weight excluding hydrogens is 308 g/mol. The Labute approximate surface area is 140 Å². The molecule has 3 rings (SSSR count). The van der Waals surface area contributed by atoms with Gasteiger partial charge in [-0.3, -0.25) is 14.4 Å². The molecule has 1 saturated carbocycles. The van der Waals surface area contributed by atoms with Crippen molar-refractivity contribution in [1.29, 1.82) is 0 Å². The Hall–Kier alpha value is -2.37. The average molecular weight is 330 g/mol. The summed E-state index contributed by atoms with van der Waals surface area (Å²) < 4.78 is 0. The molecule has 2 fully saturated rings. The minimum Gasteiger partial charge on any atom is -0.481 e. The normalized spacial score (nSPS) is 28.5. The van der Waals surface area contributed by atoms with Crippen LogP contribution in [0.25, 0.3) is 0 Å². The van der Waals surface area contributed by atoms with Gasteiger partial charge in [0.15, 0.2) is 0 Å². The molecule has 6 heteroatoms. The van der Waals surface area contributed by atoms with Gasteiger partial charge in [0.2, 0.25) is 5.91 Å². The number of carbonyl (C=O) groups is 3. The SMILES string of the molecule is CC1CC1C(=O)Nc1cccc(C(=O)N2CCC(C(=O)O)C2C)c1. The number of likely N-dealkylation sites (tertiary alicyclic amines) is 1. The van der Waals surface area contributed by atoms with Crippen molar-refractivity contribution in [3.8, 4) is 0 Å². The van der Waals surface area contributed by atoms with Crippen LogP contribution in [0.15, 0.2) is 24.3 Å². The van der Waals surface area contributed by atoms with Crippen molar-refractivity contribution >= 4 is 23.5 Å². The number of nitrogens with zero attached hydrogens (tertiary/aromatic N) is 1. The average Bonchev–Trinajstić information content (AvgIpc) is 3.15. The molecule has 0 aromatic heterocycles. The zero-order valence-electron chi connectivity index (χ0n) is 13.9. The fraction of sp³-hybridized carbons (Fsp3) is 0.500. The molecule has 1 aromatic rings. The van der Waals surface area contributed by atoms with E-state index in [-0.39, 0.29) is 23.8 Å². The van der Waals surface area contributed by atoms with Crippen LogP contribution in [0.3, 0.4) is 0 Å². The fourth-order valence-electron chi connectivity index (χ4n) is 3.37. The summed E-state index contributed by atoms with van der Waals surface area (Å²) in [5.74, 6) is -1.09. The predicted octanol–water partition coefficient (Wildman–Crippen LogP) is 2.22. The van der Waals surface area contributed by atoms with Crippen LogP contribution >= 0.6 is 0 Å². The molecule has 1 aromatic carbocycles. The van der Waals surface area contributed by atoms with Gasteiger partial charge in [-0.1, -0.05) is 13.0 Å². The molecule has 0 spiro atoms. The highest BCUT2D eigenvalue weighted by molar-refractivity contribution is 5.98. The largest absolute Gasteiger partial charge is 0.481 e. The monoisotopic (exact) mass is 330 g/mol. The summed E-state index contributed by atoms with van der Waals surface area (Å²) in [6.07, 6.45) is 1.38. The van der Waals surface area contributed by atoms with E-state index >= 15 is 0 Å². The standard InChI is InChI=1S/C18H22N2O4/c1-10-8-15(10)16(21)19-13-5-3-4-12(9-13)17(22)20-7-6-14(11(20)2)18(23)24/h3-5,9-11,14-15H,6-8H2,1-2H3,(H,19,21)(H,23,24). The number of benzene rings is 1.